The molecule has 0 aromatic carbocycles. The molecule has 0 bridgehead atoms. The third kappa shape index (κ3) is 3.42. The molecule has 0 saturated carbocycles. The van der Waals surface area contributed by atoms with E-state index in [1.54, 1.807) is 0 Å². The fourth-order valence-corrected chi connectivity index (χ4v) is 2.98. The Labute approximate surface area is 104 Å². The SMILES string of the molecule is O=C(CN1CCCCC1CCO)N1CCCC1. The molecule has 1 atom stereocenters. The van der Waals surface area contributed by atoms with E-state index in [1.165, 1.54) is 12.8 Å². The van der Waals surface area contributed by atoms with E-state index in [-0.39, 0.29) is 12.5 Å². The number of likely N-dealkylation sites (tertiary alicyclic amines) is 2. The Morgan fingerprint density at radius 3 is 2.53 bits per heavy atom. The van der Waals surface area contributed by atoms with Crippen molar-refractivity contribution in [3.8, 4) is 0 Å². The molecule has 17 heavy (non-hydrogen) atoms. The van der Waals surface area contributed by atoms with Gasteiger partial charge in [0.2, 0.25) is 5.91 Å². The van der Waals surface area contributed by atoms with Crippen LogP contribution in [0.4, 0.5) is 0 Å². The average molecular weight is 240 g/mol. The quantitative estimate of drug-likeness (QED) is 0.792. The van der Waals surface area contributed by atoms with Crippen LogP contribution in [-0.4, -0.2) is 59.6 Å². The van der Waals surface area contributed by atoms with Gasteiger partial charge in [-0.2, -0.15) is 0 Å². The Balaban J connectivity index is 1.84. The van der Waals surface area contributed by atoms with Crippen molar-refractivity contribution in [3.05, 3.63) is 0 Å². The summed E-state index contributed by atoms with van der Waals surface area (Å²) in [6.45, 7) is 3.70. The summed E-state index contributed by atoms with van der Waals surface area (Å²) in [6.07, 6.45) is 6.69. The van der Waals surface area contributed by atoms with Crippen LogP contribution in [0.2, 0.25) is 0 Å². The topological polar surface area (TPSA) is 43.8 Å². The Morgan fingerprint density at radius 2 is 1.82 bits per heavy atom. The monoisotopic (exact) mass is 240 g/mol. The maximum atomic E-state index is 12.1. The van der Waals surface area contributed by atoms with Crippen LogP contribution in [-0.2, 0) is 4.79 Å². The summed E-state index contributed by atoms with van der Waals surface area (Å²) >= 11 is 0. The lowest BCUT2D eigenvalue weighted by Crippen LogP contribution is -2.46. The number of amides is 1. The van der Waals surface area contributed by atoms with Crippen molar-refractivity contribution in [3.63, 3.8) is 0 Å². The molecule has 0 aromatic rings. The molecule has 2 fully saturated rings. The van der Waals surface area contributed by atoms with Gasteiger partial charge < -0.3 is 10.0 Å². The normalized spacial score (nSPS) is 26.4. The van der Waals surface area contributed by atoms with Gasteiger partial charge in [-0.1, -0.05) is 6.42 Å². The highest BCUT2D eigenvalue weighted by atomic mass is 16.3. The van der Waals surface area contributed by atoms with Gasteiger partial charge in [0, 0.05) is 25.7 Å². The molecule has 2 aliphatic heterocycles. The lowest BCUT2D eigenvalue weighted by molar-refractivity contribution is -0.132. The first-order valence-corrected chi connectivity index (χ1v) is 6.94. The highest BCUT2D eigenvalue weighted by molar-refractivity contribution is 5.78. The molecule has 0 aliphatic carbocycles. The Kier molecular flexibility index (Phi) is 4.80. The Morgan fingerprint density at radius 1 is 1.12 bits per heavy atom. The van der Waals surface area contributed by atoms with Gasteiger partial charge in [-0.15, -0.1) is 0 Å². The number of aliphatic hydroxyl groups is 1. The van der Waals surface area contributed by atoms with Crippen molar-refractivity contribution in [2.24, 2.45) is 0 Å². The maximum absolute atomic E-state index is 12.1. The standard InChI is InChI=1S/C13H24N2O2/c16-10-6-12-5-1-2-9-15(12)11-13(17)14-7-3-4-8-14/h12,16H,1-11H2. The molecule has 2 heterocycles. The van der Waals surface area contributed by atoms with E-state index >= 15 is 0 Å². The van der Waals surface area contributed by atoms with Crippen LogP contribution in [0.5, 0.6) is 0 Å². The van der Waals surface area contributed by atoms with Gasteiger partial charge in [0.05, 0.1) is 6.54 Å². The van der Waals surface area contributed by atoms with E-state index in [0.717, 1.165) is 45.3 Å². The minimum absolute atomic E-state index is 0.235. The summed E-state index contributed by atoms with van der Waals surface area (Å²) in [4.78, 5) is 16.4. The molecule has 0 radical (unpaired) electrons. The first-order valence-electron chi connectivity index (χ1n) is 6.94. The molecule has 1 unspecified atom stereocenters. The van der Waals surface area contributed by atoms with E-state index in [4.69, 9.17) is 5.11 Å². The number of carbonyl (C=O) groups excluding carboxylic acids is 1. The Bertz CT molecular complexity index is 250. The summed E-state index contributed by atoms with van der Waals surface area (Å²) in [5.74, 6) is 0.285. The molecule has 2 saturated heterocycles. The van der Waals surface area contributed by atoms with Crippen molar-refractivity contribution < 1.29 is 9.90 Å². The predicted octanol–water partition coefficient (Wildman–Crippen LogP) is 0.846. The molecule has 0 aromatic heterocycles. The van der Waals surface area contributed by atoms with Crippen molar-refractivity contribution in [1.29, 1.82) is 0 Å². The summed E-state index contributed by atoms with van der Waals surface area (Å²) in [7, 11) is 0. The van der Waals surface area contributed by atoms with Crippen LogP contribution in [0.15, 0.2) is 0 Å². The summed E-state index contributed by atoms with van der Waals surface area (Å²) in [5.41, 5.74) is 0. The van der Waals surface area contributed by atoms with Crippen molar-refractivity contribution >= 4 is 5.91 Å². The fourth-order valence-electron chi connectivity index (χ4n) is 2.98. The zero-order chi connectivity index (χ0) is 12.1. The summed E-state index contributed by atoms with van der Waals surface area (Å²) < 4.78 is 0. The number of hydrogen-bond acceptors (Lipinski definition) is 3. The van der Waals surface area contributed by atoms with Crippen LogP contribution in [0.3, 0.4) is 0 Å². The van der Waals surface area contributed by atoms with Crippen molar-refractivity contribution in [2.75, 3.05) is 32.8 Å². The smallest absolute Gasteiger partial charge is 0.236 e. The predicted molar refractivity (Wildman–Crippen MR) is 66.7 cm³/mol. The number of rotatable bonds is 4. The largest absolute Gasteiger partial charge is 0.396 e. The van der Waals surface area contributed by atoms with Gasteiger partial charge in [-0.3, -0.25) is 9.69 Å². The Hall–Kier alpha value is -0.610. The number of nitrogens with zero attached hydrogens (tertiary/aromatic N) is 2. The lowest BCUT2D eigenvalue weighted by atomic mass is 9.99. The summed E-state index contributed by atoms with van der Waals surface area (Å²) in [6, 6.07) is 0.417. The first-order chi connectivity index (χ1) is 8.31. The molecular formula is C13H24N2O2. The van der Waals surface area contributed by atoms with Crippen LogP contribution in [0, 0.1) is 0 Å². The lowest BCUT2D eigenvalue weighted by Gasteiger charge is -2.35. The molecule has 1 N–H and O–H groups in total. The van der Waals surface area contributed by atoms with Crippen LogP contribution >= 0.6 is 0 Å². The average Bonchev–Trinajstić information content (AvgIpc) is 2.85. The van der Waals surface area contributed by atoms with Gasteiger partial charge in [0.15, 0.2) is 0 Å². The van der Waals surface area contributed by atoms with E-state index in [2.05, 4.69) is 4.90 Å². The fraction of sp³-hybridized carbons (Fsp3) is 0.923. The van der Waals surface area contributed by atoms with Gasteiger partial charge in [0.25, 0.3) is 0 Å². The maximum Gasteiger partial charge on any atom is 0.236 e. The van der Waals surface area contributed by atoms with Crippen molar-refractivity contribution in [1.82, 2.24) is 9.80 Å². The number of aliphatic hydroxyl groups excluding tert-OH is 1. The number of carbonyl (C=O) groups is 1. The zero-order valence-electron chi connectivity index (χ0n) is 10.6. The van der Waals surface area contributed by atoms with Crippen LogP contribution in [0.25, 0.3) is 0 Å². The van der Waals surface area contributed by atoms with Gasteiger partial charge >= 0.3 is 0 Å². The second kappa shape index (κ2) is 6.36. The van der Waals surface area contributed by atoms with Crippen LogP contribution < -0.4 is 0 Å². The molecule has 98 valence electrons. The van der Waals surface area contributed by atoms with E-state index in [1.807, 2.05) is 4.90 Å². The van der Waals surface area contributed by atoms with Crippen LogP contribution in [0.1, 0.15) is 38.5 Å². The highest BCUT2D eigenvalue weighted by Gasteiger charge is 2.26. The zero-order valence-corrected chi connectivity index (χ0v) is 10.6. The second-order valence-corrected chi connectivity index (χ2v) is 5.22. The second-order valence-electron chi connectivity index (χ2n) is 5.22. The van der Waals surface area contributed by atoms with E-state index in [9.17, 15) is 4.79 Å². The molecule has 4 nitrogen and oxygen atoms in total. The summed E-state index contributed by atoms with van der Waals surface area (Å²) in [5, 5.41) is 9.06. The highest BCUT2D eigenvalue weighted by Crippen LogP contribution is 2.20. The van der Waals surface area contributed by atoms with E-state index in [0.29, 0.717) is 12.6 Å². The van der Waals surface area contributed by atoms with Gasteiger partial charge in [-0.05, 0) is 38.6 Å². The molecule has 0 spiro atoms. The van der Waals surface area contributed by atoms with Gasteiger partial charge in [0.1, 0.15) is 0 Å². The minimum atomic E-state index is 0.235. The third-order valence-electron chi connectivity index (χ3n) is 4.01. The minimum Gasteiger partial charge on any atom is -0.396 e. The molecule has 1 amide bonds. The van der Waals surface area contributed by atoms with Crippen molar-refractivity contribution in [2.45, 2.75) is 44.6 Å². The molecule has 2 aliphatic rings. The third-order valence-corrected chi connectivity index (χ3v) is 4.01. The molecule has 2 rings (SSSR count). The number of hydrogen-bond donors (Lipinski definition) is 1. The first kappa shape index (κ1) is 12.8. The van der Waals surface area contributed by atoms with E-state index < -0.39 is 0 Å². The molecular weight excluding hydrogens is 216 g/mol. The molecule has 4 heteroatoms. The van der Waals surface area contributed by atoms with Gasteiger partial charge in [-0.25, -0.2) is 0 Å². The number of piperidine rings is 1.